The van der Waals surface area contributed by atoms with Gasteiger partial charge in [-0.1, -0.05) is 12.1 Å². The van der Waals surface area contributed by atoms with Crippen LogP contribution < -0.4 is 10.6 Å². The standard InChI is InChI=1S/C22H23N3O4S/c1-15-13-19(24-21(26)18-3-2-10-29-18)30-20(15)22(27)23-17-6-4-16(5-7-17)14-25-8-11-28-12-9-25/h2-7,10,13H,8-9,11-12,14H2,1H3,(H,23,27)(H,24,26). The molecule has 0 unspecified atom stereocenters. The number of carbonyl (C=O) groups is 2. The zero-order valence-electron chi connectivity index (χ0n) is 16.6. The fraction of sp³-hybridized carbons (Fsp3) is 0.273. The molecule has 1 aliphatic rings. The van der Waals surface area contributed by atoms with Crippen molar-refractivity contribution in [1.82, 2.24) is 4.90 Å². The molecular formula is C22H23N3O4S. The van der Waals surface area contributed by atoms with Crippen molar-refractivity contribution in [1.29, 1.82) is 0 Å². The van der Waals surface area contributed by atoms with Crippen LogP contribution in [-0.2, 0) is 11.3 Å². The smallest absolute Gasteiger partial charge is 0.291 e. The molecule has 0 spiro atoms. The van der Waals surface area contributed by atoms with Gasteiger partial charge in [0.05, 0.1) is 29.4 Å². The molecule has 0 saturated carbocycles. The fourth-order valence-corrected chi connectivity index (χ4v) is 4.21. The Morgan fingerprint density at radius 2 is 1.83 bits per heavy atom. The lowest BCUT2D eigenvalue weighted by Gasteiger charge is -2.26. The molecule has 0 atom stereocenters. The van der Waals surface area contributed by atoms with Crippen LogP contribution >= 0.6 is 11.3 Å². The minimum absolute atomic E-state index is 0.197. The molecule has 3 aromatic rings. The van der Waals surface area contributed by atoms with E-state index in [0.717, 1.165) is 44.1 Å². The molecule has 1 fully saturated rings. The lowest BCUT2D eigenvalue weighted by Crippen LogP contribution is -2.35. The first kappa shape index (κ1) is 20.3. The Balaban J connectivity index is 1.36. The maximum atomic E-state index is 12.7. The Bertz CT molecular complexity index is 1010. The van der Waals surface area contributed by atoms with Crippen molar-refractivity contribution in [3.05, 3.63) is 70.5 Å². The summed E-state index contributed by atoms with van der Waals surface area (Å²) >= 11 is 1.23. The number of morpholine rings is 1. The SMILES string of the molecule is Cc1cc(NC(=O)c2ccco2)sc1C(=O)Nc1ccc(CN2CCOCC2)cc1. The van der Waals surface area contributed by atoms with Gasteiger partial charge in [-0.15, -0.1) is 11.3 Å². The van der Waals surface area contributed by atoms with Gasteiger partial charge in [0.15, 0.2) is 5.76 Å². The summed E-state index contributed by atoms with van der Waals surface area (Å²) in [5.74, 6) is -0.315. The van der Waals surface area contributed by atoms with Gasteiger partial charge in [-0.3, -0.25) is 14.5 Å². The zero-order valence-corrected chi connectivity index (χ0v) is 17.5. The summed E-state index contributed by atoms with van der Waals surface area (Å²) in [7, 11) is 0. The minimum atomic E-state index is -0.343. The van der Waals surface area contributed by atoms with Crippen molar-refractivity contribution < 1.29 is 18.7 Å². The van der Waals surface area contributed by atoms with Gasteiger partial charge in [-0.25, -0.2) is 0 Å². The van der Waals surface area contributed by atoms with E-state index in [0.29, 0.717) is 9.88 Å². The zero-order chi connectivity index (χ0) is 20.9. The van der Waals surface area contributed by atoms with Crippen molar-refractivity contribution >= 4 is 33.8 Å². The van der Waals surface area contributed by atoms with Crippen LogP contribution in [0.1, 0.15) is 31.4 Å². The average Bonchev–Trinajstić information content (AvgIpc) is 3.40. The predicted molar refractivity (Wildman–Crippen MR) is 116 cm³/mol. The molecule has 8 heteroatoms. The lowest BCUT2D eigenvalue weighted by molar-refractivity contribution is 0.0342. The highest BCUT2D eigenvalue weighted by atomic mass is 32.1. The molecule has 4 rings (SSSR count). The van der Waals surface area contributed by atoms with E-state index in [1.165, 1.54) is 23.2 Å². The summed E-state index contributed by atoms with van der Waals surface area (Å²) in [6, 6.07) is 12.9. The highest BCUT2D eigenvalue weighted by Crippen LogP contribution is 2.28. The number of rotatable bonds is 6. The maximum Gasteiger partial charge on any atom is 0.291 e. The normalized spacial score (nSPS) is 14.4. The van der Waals surface area contributed by atoms with E-state index in [1.807, 2.05) is 31.2 Å². The van der Waals surface area contributed by atoms with Crippen LogP contribution in [0.4, 0.5) is 10.7 Å². The highest BCUT2D eigenvalue weighted by molar-refractivity contribution is 7.18. The molecule has 1 aliphatic heterocycles. The largest absolute Gasteiger partial charge is 0.459 e. The Morgan fingerprint density at radius 3 is 2.53 bits per heavy atom. The highest BCUT2D eigenvalue weighted by Gasteiger charge is 2.17. The number of amides is 2. The summed E-state index contributed by atoms with van der Waals surface area (Å²) in [6.45, 7) is 6.15. The van der Waals surface area contributed by atoms with E-state index in [-0.39, 0.29) is 17.6 Å². The number of nitrogens with zero attached hydrogens (tertiary/aromatic N) is 1. The number of hydrogen-bond acceptors (Lipinski definition) is 6. The van der Waals surface area contributed by atoms with Crippen molar-refractivity contribution in [2.45, 2.75) is 13.5 Å². The van der Waals surface area contributed by atoms with Gasteiger partial charge in [-0.2, -0.15) is 0 Å². The van der Waals surface area contributed by atoms with Gasteiger partial charge in [0.1, 0.15) is 0 Å². The fourth-order valence-electron chi connectivity index (χ4n) is 3.25. The second-order valence-electron chi connectivity index (χ2n) is 7.09. The number of hydrogen-bond donors (Lipinski definition) is 2. The summed E-state index contributed by atoms with van der Waals surface area (Å²) < 4.78 is 10.5. The van der Waals surface area contributed by atoms with Crippen LogP contribution in [0.25, 0.3) is 0 Å². The Hall–Kier alpha value is -2.94. The Morgan fingerprint density at radius 1 is 1.07 bits per heavy atom. The maximum absolute atomic E-state index is 12.7. The van der Waals surface area contributed by atoms with Crippen molar-refractivity contribution in [3.63, 3.8) is 0 Å². The molecule has 156 valence electrons. The monoisotopic (exact) mass is 425 g/mol. The first-order valence-corrected chi connectivity index (χ1v) is 10.6. The summed E-state index contributed by atoms with van der Waals surface area (Å²) in [5.41, 5.74) is 2.74. The quantitative estimate of drug-likeness (QED) is 0.624. The van der Waals surface area contributed by atoms with Crippen LogP contribution in [0.3, 0.4) is 0 Å². The molecule has 2 amide bonds. The number of ether oxygens (including phenoxy) is 1. The van der Waals surface area contributed by atoms with Crippen LogP contribution in [0, 0.1) is 6.92 Å². The molecule has 7 nitrogen and oxygen atoms in total. The van der Waals surface area contributed by atoms with Crippen LogP contribution in [0.5, 0.6) is 0 Å². The number of benzene rings is 1. The average molecular weight is 426 g/mol. The van der Waals surface area contributed by atoms with E-state index in [4.69, 9.17) is 9.15 Å². The van der Waals surface area contributed by atoms with E-state index in [1.54, 1.807) is 18.2 Å². The van der Waals surface area contributed by atoms with Crippen LogP contribution in [0.15, 0.2) is 53.1 Å². The Kier molecular flexibility index (Phi) is 6.27. The molecule has 0 aliphatic carbocycles. The summed E-state index contributed by atoms with van der Waals surface area (Å²) in [5, 5.41) is 6.29. The summed E-state index contributed by atoms with van der Waals surface area (Å²) in [6.07, 6.45) is 1.44. The summed E-state index contributed by atoms with van der Waals surface area (Å²) in [4.78, 5) is 27.7. The van der Waals surface area contributed by atoms with E-state index in [2.05, 4.69) is 15.5 Å². The minimum Gasteiger partial charge on any atom is -0.459 e. The van der Waals surface area contributed by atoms with Crippen molar-refractivity contribution in [2.24, 2.45) is 0 Å². The van der Waals surface area contributed by atoms with Gasteiger partial charge in [0.25, 0.3) is 11.8 Å². The number of anilines is 2. The molecule has 2 N–H and O–H groups in total. The number of furan rings is 1. The van der Waals surface area contributed by atoms with E-state index in [9.17, 15) is 9.59 Å². The van der Waals surface area contributed by atoms with Gasteiger partial charge in [-0.05, 0) is 48.4 Å². The third-order valence-electron chi connectivity index (χ3n) is 4.83. The predicted octanol–water partition coefficient (Wildman–Crippen LogP) is 3.99. The van der Waals surface area contributed by atoms with Crippen LogP contribution in [0.2, 0.25) is 0 Å². The van der Waals surface area contributed by atoms with E-state index >= 15 is 0 Å². The van der Waals surface area contributed by atoms with Gasteiger partial charge < -0.3 is 19.8 Å². The molecular weight excluding hydrogens is 402 g/mol. The third-order valence-corrected chi connectivity index (χ3v) is 5.98. The first-order valence-electron chi connectivity index (χ1n) is 9.74. The number of carbonyl (C=O) groups excluding carboxylic acids is 2. The van der Waals surface area contributed by atoms with Gasteiger partial charge in [0, 0.05) is 25.3 Å². The van der Waals surface area contributed by atoms with Gasteiger partial charge >= 0.3 is 0 Å². The number of aryl methyl sites for hydroxylation is 1. The second kappa shape index (κ2) is 9.25. The lowest BCUT2D eigenvalue weighted by atomic mass is 10.2. The molecule has 1 saturated heterocycles. The van der Waals surface area contributed by atoms with Crippen molar-refractivity contribution in [2.75, 3.05) is 36.9 Å². The number of nitrogens with one attached hydrogen (secondary N) is 2. The second-order valence-corrected chi connectivity index (χ2v) is 8.15. The first-order chi connectivity index (χ1) is 14.6. The molecule has 3 heterocycles. The van der Waals surface area contributed by atoms with Gasteiger partial charge in [0.2, 0.25) is 0 Å². The molecule has 0 bridgehead atoms. The molecule has 2 aromatic heterocycles. The molecule has 0 radical (unpaired) electrons. The van der Waals surface area contributed by atoms with Crippen molar-refractivity contribution in [3.8, 4) is 0 Å². The van der Waals surface area contributed by atoms with E-state index < -0.39 is 0 Å². The topological polar surface area (TPSA) is 83.8 Å². The third kappa shape index (κ3) is 4.96. The molecule has 1 aromatic carbocycles. The van der Waals surface area contributed by atoms with Crippen LogP contribution in [-0.4, -0.2) is 43.0 Å². The Labute approximate surface area is 178 Å². The molecule has 30 heavy (non-hydrogen) atoms. The number of thiophene rings is 1.